The van der Waals surface area contributed by atoms with Gasteiger partial charge in [0.25, 0.3) is 5.91 Å². The molecule has 1 N–H and O–H groups in total. The highest BCUT2D eigenvalue weighted by Crippen LogP contribution is 2.19. The van der Waals surface area contributed by atoms with Crippen molar-refractivity contribution in [2.75, 3.05) is 41.0 Å². The average molecular weight is 291 g/mol. The van der Waals surface area contributed by atoms with Crippen LogP contribution in [0, 0.1) is 11.8 Å². The molecule has 1 amide bonds. The first-order valence-corrected chi connectivity index (χ1v) is 6.66. The van der Waals surface area contributed by atoms with Crippen LogP contribution in [0.25, 0.3) is 0 Å². The van der Waals surface area contributed by atoms with Gasteiger partial charge < -0.3 is 19.5 Å². The second-order valence-corrected chi connectivity index (χ2v) is 4.45. The lowest BCUT2D eigenvalue weighted by molar-refractivity contribution is 0.0779. The molecule has 5 nitrogen and oxygen atoms in total. The monoisotopic (exact) mass is 291 g/mol. The molecule has 0 spiro atoms. The fourth-order valence-electron chi connectivity index (χ4n) is 1.84. The van der Waals surface area contributed by atoms with Crippen LogP contribution in [0.15, 0.2) is 18.2 Å². The van der Waals surface area contributed by atoms with E-state index >= 15 is 0 Å². The van der Waals surface area contributed by atoms with Crippen molar-refractivity contribution in [3.8, 4) is 17.6 Å². The zero-order valence-corrected chi connectivity index (χ0v) is 12.7. The third kappa shape index (κ3) is 5.10. The van der Waals surface area contributed by atoms with E-state index in [1.165, 1.54) is 7.11 Å². The van der Waals surface area contributed by atoms with Gasteiger partial charge in [-0.1, -0.05) is 11.8 Å². The van der Waals surface area contributed by atoms with E-state index < -0.39 is 0 Å². The van der Waals surface area contributed by atoms with Gasteiger partial charge in [0.2, 0.25) is 0 Å². The van der Waals surface area contributed by atoms with Crippen LogP contribution in [0.1, 0.15) is 22.3 Å². The number of carbonyl (C=O) groups is 1. The molecule has 0 heterocycles. The molecule has 0 saturated heterocycles. The topological polar surface area (TPSA) is 59.0 Å². The van der Waals surface area contributed by atoms with Crippen molar-refractivity contribution in [2.24, 2.45) is 0 Å². The minimum atomic E-state index is -0.238. The first-order valence-electron chi connectivity index (χ1n) is 6.66. The molecule has 0 bridgehead atoms. The molecule has 0 radical (unpaired) electrons. The zero-order valence-electron chi connectivity index (χ0n) is 12.7. The maximum absolute atomic E-state index is 12.3. The predicted molar refractivity (Wildman–Crippen MR) is 80.4 cm³/mol. The summed E-state index contributed by atoms with van der Waals surface area (Å²) in [5, 5.41) is 8.78. The molecular weight excluding hydrogens is 270 g/mol. The van der Waals surface area contributed by atoms with Gasteiger partial charge in [-0.2, -0.15) is 0 Å². The van der Waals surface area contributed by atoms with E-state index in [0.29, 0.717) is 30.0 Å². The van der Waals surface area contributed by atoms with Crippen LogP contribution in [0.4, 0.5) is 0 Å². The predicted octanol–water partition coefficient (Wildman–Crippen LogP) is 1.15. The van der Waals surface area contributed by atoms with Crippen molar-refractivity contribution >= 4 is 5.91 Å². The molecule has 21 heavy (non-hydrogen) atoms. The minimum absolute atomic E-state index is 0.0826. The number of hydrogen-bond acceptors (Lipinski definition) is 4. The molecule has 1 rings (SSSR count). The van der Waals surface area contributed by atoms with Crippen LogP contribution in [-0.2, 0) is 4.74 Å². The highest BCUT2D eigenvalue weighted by Gasteiger charge is 2.13. The van der Waals surface area contributed by atoms with E-state index in [1.54, 1.807) is 37.3 Å². The number of amides is 1. The lowest BCUT2D eigenvalue weighted by Crippen LogP contribution is -2.28. The normalized spacial score (nSPS) is 9.71. The van der Waals surface area contributed by atoms with Crippen LogP contribution >= 0.6 is 0 Å². The van der Waals surface area contributed by atoms with Crippen molar-refractivity contribution in [2.45, 2.75) is 6.42 Å². The summed E-state index contributed by atoms with van der Waals surface area (Å²) in [6, 6.07) is 5.09. The lowest BCUT2D eigenvalue weighted by atomic mass is 10.1. The summed E-state index contributed by atoms with van der Waals surface area (Å²) in [5.41, 5.74) is 1.13. The Morgan fingerprint density at radius 2 is 2.14 bits per heavy atom. The summed E-state index contributed by atoms with van der Waals surface area (Å²) < 4.78 is 10.2. The van der Waals surface area contributed by atoms with Crippen molar-refractivity contribution in [3.05, 3.63) is 29.3 Å². The average Bonchev–Trinajstić information content (AvgIpc) is 2.51. The molecule has 0 aromatic heterocycles. The van der Waals surface area contributed by atoms with Gasteiger partial charge in [0.15, 0.2) is 0 Å². The standard InChI is InChI=1S/C16H21NO4/c1-17(9-5-11-20-2)16(19)14-7-8-15(21-3)13(12-14)6-4-10-18/h7-8,12,18H,5,9-11H2,1-3H3. The number of nitrogens with zero attached hydrogens (tertiary/aromatic N) is 1. The number of aliphatic hydroxyl groups is 1. The zero-order chi connectivity index (χ0) is 15.7. The summed E-state index contributed by atoms with van der Waals surface area (Å²) in [6.07, 6.45) is 0.784. The number of rotatable bonds is 6. The van der Waals surface area contributed by atoms with E-state index in [0.717, 1.165) is 6.42 Å². The molecular formula is C16H21NO4. The summed E-state index contributed by atoms with van der Waals surface area (Å²) in [5.74, 6) is 5.84. The SMILES string of the molecule is COCCCN(C)C(=O)c1ccc(OC)c(C#CCO)c1. The van der Waals surface area contributed by atoms with Gasteiger partial charge in [0.05, 0.1) is 12.7 Å². The fourth-order valence-corrected chi connectivity index (χ4v) is 1.84. The first-order chi connectivity index (χ1) is 10.1. The van der Waals surface area contributed by atoms with E-state index in [4.69, 9.17) is 14.6 Å². The molecule has 0 aliphatic heterocycles. The number of methoxy groups -OCH3 is 2. The van der Waals surface area contributed by atoms with Crippen molar-refractivity contribution in [3.63, 3.8) is 0 Å². The third-order valence-electron chi connectivity index (χ3n) is 2.94. The number of carbonyl (C=O) groups excluding carboxylic acids is 1. The Balaban J connectivity index is 2.89. The maximum Gasteiger partial charge on any atom is 0.253 e. The van der Waals surface area contributed by atoms with Gasteiger partial charge in [0, 0.05) is 32.9 Å². The highest BCUT2D eigenvalue weighted by molar-refractivity contribution is 5.94. The van der Waals surface area contributed by atoms with E-state index in [-0.39, 0.29) is 12.5 Å². The summed E-state index contributed by atoms with van der Waals surface area (Å²) in [4.78, 5) is 14.0. The van der Waals surface area contributed by atoms with E-state index in [1.807, 2.05) is 0 Å². The molecule has 1 aromatic carbocycles. The van der Waals surface area contributed by atoms with Crippen LogP contribution in [-0.4, -0.2) is 56.9 Å². The quantitative estimate of drug-likeness (QED) is 0.631. The largest absolute Gasteiger partial charge is 0.495 e. The summed E-state index contributed by atoms with van der Waals surface area (Å²) >= 11 is 0. The maximum atomic E-state index is 12.3. The number of hydrogen-bond donors (Lipinski definition) is 1. The van der Waals surface area contributed by atoms with Crippen LogP contribution in [0.5, 0.6) is 5.75 Å². The smallest absolute Gasteiger partial charge is 0.253 e. The molecule has 0 unspecified atom stereocenters. The van der Waals surface area contributed by atoms with Gasteiger partial charge in [-0.3, -0.25) is 4.79 Å². The molecule has 5 heteroatoms. The Labute approximate surface area is 125 Å². The van der Waals surface area contributed by atoms with E-state index in [9.17, 15) is 4.79 Å². The Morgan fingerprint density at radius 3 is 2.76 bits per heavy atom. The lowest BCUT2D eigenvalue weighted by Gasteiger charge is -2.17. The van der Waals surface area contributed by atoms with Gasteiger partial charge in [-0.15, -0.1) is 0 Å². The van der Waals surface area contributed by atoms with Gasteiger partial charge in [0.1, 0.15) is 12.4 Å². The number of ether oxygens (including phenoxy) is 2. The Hall–Kier alpha value is -2.03. The summed E-state index contributed by atoms with van der Waals surface area (Å²) in [6.45, 7) is 1.00. The van der Waals surface area contributed by atoms with Gasteiger partial charge in [-0.25, -0.2) is 0 Å². The first kappa shape index (κ1) is 17.0. The van der Waals surface area contributed by atoms with Crippen LogP contribution in [0.2, 0.25) is 0 Å². The Kier molecular flexibility index (Phi) is 7.30. The van der Waals surface area contributed by atoms with Gasteiger partial charge in [-0.05, 0) is 24.6 Å². The molecule has 114 valence electrons. The van der Waals surface area contributed by atoms with Crippen molar-refractivity contribution in [1.82, 2.24) is 4.90 Å². The fraction of sp³-hybridized carbons (Fsp3) is 0.438. The Bertz CT molecular complexity index is 531. The van der Waals surface area contributed by atoms with Gasteiger partial charge >= 0.3 is 0 Å². The van der Waals surface area contributed by atoms with Crippen LogP contribution < -0.4 is 4.74 Å². The summed E-state index contributed by atoms with van der Waals surface area (Å²) in [7, 11) is 4.93. The molecule has 0 aliphatic carbocycles. The number of benzene rings is 1. The molecule has 0 atom stereocenters. The second-order valence-electron chi connectivity index (χ2n) is 4.45. The van der Waals surface area contributed by atoms with Crippen molar-refractivity contribution in [1.29, 1.82) is 0 Å². The third-order valence-corrected chi connectivity index (χ3v) is 2.94. The second kappa shape index (κ2) is 9.01. The van der Waals surface area contributed by atoms with Crippen molar-refractivity contribution < 1.29 is 19.4 Å². The molecule has 1 aromatic rings. The molecule has 0 aliphatic rings. The highest BCUT2D eigenvalue weighted by atomic mass is 16.5. The van der Waals surface area contributed by atoms with Crippen LogP contribution in [0.3, 0.4) is 0 Å². The molecule has 0 saturated carbocycles. The number of aliphatic hydroxyl groups excluding tert-OH is 1. The van der Waals surface area contributed by atoms with E-state index in [2.05, 4.69) is 11.8 Å². The minimum Gasteiger partial charge on any atom is -0.495 e. The molecule has 0 fully saturated rings. The Morgan fingerprint density at radius 1 is 1.38 bits per heavy atom.